The van der Waals surface area contributed by atoms with Crippen LogP contribution < -0.4 is 11.0 Å². The van der Waals surface area contributed by atoms with Crippen molar-refractivity contribution in [3.8, 4) is 0 Å². The van der Waals surface area contributed by atoms with Crippen LogP contribution in [-0.2, 0) is 6.54 Å². The van der Waals surface area contributed by atoms with Crippen molar-refractivity contribution in [2.75, 3.05) is 13.1 Å². The number of aromatic amines is 1. The Morgan fingerprint density at radius 3 is 3.06 bits per heavy atom. The lowest BCUT2D eigenvalue weighted by atomic mass is 10.00. The van der Waals surface area contributed by atoms with Gasteiger partial charge in [0, 0.05) is 6.54 Å². The summed E-state index contributed by atoms with van der Waals surface area (Å²) in [4.78, 5) is 14.8. The number of hydrogen-bond acceptors (Lipinski definition) is 2. The fraction of sp³-hybridized carbons (Fsp3) is 0.462. The molecule has 17 heavy (non-hydrogen) atoms. The van der Waals surface area contributed by atoms with Crippen LogP contribution in [0.3, 0.4) is 0 Å². The van der Waals surface area contributed by atoms with Gasteiger partial charge in [-0.3, -0.25) is 4.57 Å². The van der Waals surface area contributed by atoms with Crippen LogP contribution in [0.1, 0.15) is 12.8 Å². The number of fused-ring (bicyclic) bond motifs is 1. The molecule has 1 aliphatic rings. The number of aromatic nitrogens is 2. The first-order chi connectivity index (χ1) is 8.34. The number of nitrogens with one attached hydrogen (secondary N) is 2. The molecule has 1 unspecified atom stereocenters. The predicted octanol–water partition coefficient (Wildman–Crippen LogP) is 1.33. The van der Waals surface area contributed by atoms with Gasteiger partial charge < -0.3 is 10.3 Å². The van der Waals surface area contributed by atoms with E-state index in [9.17, 15) is 4.79 Å². The highest BCUT2D eigenvalue weighted by molar-refractivity contribution is 5.74. The third-order valence-electron chi connectivity index (χ3n) is 3.52. The number of para-hydroxylation sites is 2. The zero-order valence-electron chi connectivity index (χ0n) is 9.78. The van der Waals surface area contributed by atoms with E-state index in [1.165, 1.54) is 12.8 Å². The zero-order valence-corrected chi connectivity index (χ0v) is 9.78. The molecule has 1 aromatic carbocycles. The molecule has 1 aromatic heterocycles. The van der Waals surface area contributed by atoms with Crippen molar-refractivity contribution >= 4 is 11.0 Å². The average Bonchev–Trinajstić information content (AvgIpc) is 2.68. The summed E-state index contributed by atoms with van der Waals surface area (Å²) in [5, 5.41) is 3.39. The van der Waals surface area contributed by atoms with Gasteiger partial charge >= 0.3 is 5.69 Å². The largest absolute Gasteiger partial charge is 0.326 e. The molecule has 90 valence electrons. The molecule has 2 N–H and O–H groups in total. The topological polar surface area (TPSA) is 49.8 Å². The first kappa shape index (κ1) is 10.6. The first-order valence-corrected chi connectivity index (χ1v) is 6.23. The molecular weight excluding hydrogens is 214 g/mol. The van der Waals surface area contributed by atoms with Crippen molar-refractivity contribution < 1.29 is 0 Å². The molecule has 0 aliphatic carbocycles. The van der Waals surface area contributed by atoms with E-state index < -0.39 is 0 Å². The minimum Gasteiger partial charge on any atom is -0.316 e. The Kier molecular flexibility index (Phi) is 2.73. The third-order valence-corrected chi connectivity index (χ3v) is 3.52. The minimum atomic E-state index is 0.0109. The van der Waals surface area contributed by atoms with Crippen LogP contribution in [0.2, 0.25) is 0 Å². The third kappa shape index (κ3) is 2.00. The number of nitrogens with zero attached hydrogens (tertiary/aromatic N) is 1. The van der Waals surface area contributed by atoms with Gasteiger partial charge in [0.05, 0.1) is 11.0 Å². The van der Waals surface area contributed by atoms with Gasteiger partial charge in [0.2, 0.25) is 0 Å². The lowest BCUT2D eigenvalue weighted by molar-refractivity contribution is 0.337. The Labute approximate surface area is 99.6 Å². The summed E-state index contributed by atoms with van der Waals surface area (Å²) in [6.07, 6.45) is 2.42. The van der Waals surface area contributed by atoms with Crippen molar-refractivity contribution in [3.05, 3.63) is 34.7 Å². The van der Waals surface area contributed by atoms with Crippen LogP contribution in [0.5, 0.6) is 0 Å². The van der Waals surface area contributed by atoms with E-state index in [0.29, 0.717) is 5.92 Å². The molecule has 3 rings (SSSR count). The number of H-pyrrole nitrogens is 1. The highest BCUT2D eigenvalue weighted by Crippen LogP contribution is 2.15. The second kappa shape index (κ2) is 4.37. The lowest BCUT2D eigenvalue weighted by Crippen LogP contribution is -2.34. The minimum absolute atomic E-state index is 0.0109. The predicted molar refractivity (Wildman–Crippen MR) is 68.2 cm³/mol. The van der Waals surface area contributed by atoms with Gasteiger partial charge in [0.15, 0.2) is 0 Å². The summed E-state index contributed by atoms with van der Waals surface area (Å²) in [5.41, 5.74) is 1.96. The van der Waals surface area contributed by atoms with Gasteiger partial charge in [-0.15, -0.1) is 0 Å². The molecule has 0 radical (unpaired) electrons. The SMILES string of the molecule is O=c1[nH]c2ccccc2n1CC1CCCNC1. The molecule has 2 aromatic rings. The maximum absolute atomic E-state index is 11.9. The van der Waals surface area contributed by atoms with Crippen LogP contribution in [0.4, 0.5) is 0 Å². The van der Waals surface area contributed by atoms with Gasteiger partial charge in [-0.05, 0) is 44.0 Å². The van der Waals surface area contributed by atoms with Gasteiger partial charge in [-0.1, -0.05) is 12.1 Å². The van der Waals surface area contributed by atoms with Crippen molar-refractivity contribution in [3.63, 3.8) is 0 Å². The highest BCUT2D eigenvalue weighted by atomic mass is 16.1. The quantitative estimate of drug-likeness (QED) is 0.819. The maximum atomic E-state index is 11.9. The number of imidazole rings is 1. The molecule has 1 atom stereocenters. The molecule has 4 heteroatoms. The van der Waals surface area contributed by atoms with E-state index in [-0.39, 0.29) is 5.69 Å². The summed E-state index contributed by atoms with van der Waals surface area (Å²) in [7, 11) is 0. The summed E-state index contributed by atoms with van der Waals surface area (Å²) in [6, 6.07) is 7.88. The molecule has 1 aliphatic heterocycles. The highest BCUT2D eigenvalue weighted by Gasteiger charge is 2.16. The van der Waals surface area contributed by atoms with E-state index in [1.807, 2.05) is 28.8 Å². The molecule has 0 bridgehead atoms. The van der Waals surface area contributed by atoms with Gasteiger partial charge in [-0.25, -0.2) is 4.79 Å². The standard InChI is InChI=1S/C13H17N3O/c17-13-15-11-5-1-2-6-12(11)16(13)9-10-4-3-7-14-8-10/h1-2,5-6,10,14H,3-4,7-9H2,(H,15,17). The summed E-state index contributed by atoms with van der Waals surface area (Å²) < 4.78 is 1.87. The number of hydrogen-bond donors (Lipinski definition) is 2. The summed E-state index contributed by atoms with van der Waals surface area (Å²) in [5.74, 6) is 0.570. The van der Waals surface area contributed by atoms with E-state index in [4.69, 9.17) is 0 Å². The van der Waals surface area contributed by atoms with Crippen LogP contribution in [0.25, 0.3) is 11.0 Å². The summed E-state index contributed by atoms with van der Waals surface area (Å²) >= 11 is 0. The molecule has 0 amide bonds. The Morgan fingerprint density at radius 1 is 1.35 bits per heavy atom. The number of benzene rings is 1. The molecule has 1 saturated heterocycles. The average molecular weight is 231 g/mol. The van der Waals surface area contributed by atoms with E-state index >= 15 is 0 Å². The van der Waals surface area contributed by atoms with Crippen molar-refractivity contribution in [1.29, 1.82) is 0 Å². The van der Waals surface area contributed by atoms with Gasteiger partial charge in [0.1, 0.15) is 0 Å². The van der Waals surface area contributed by atoms with Crippen LogP contribution >= 0.6 is 0 Å². The Bertz CT molecular complexity index is 563. The van der Waals surface area contributed by atoms with E-state index in [2.05, 4.69) is 10.3 Å². The second-order valence-electron chi connectivity index (χ2n) is 4.77. The molecule has 0 spiro atoms. The Balaban J connectivity index is 1.93. The van der Waals surface area contributed by atoms with Crippen molar-refractivity contribution in [2.45, 2.75) is 19.4 Å². The lowest BCUT2D eigenvalue weighted by Gasteiger charge is -2.22. The fourth-order valence-electron chi connectivity index (χ4n) is 2.63. The molecule has 2 heterocycles. The normalized spacial score (nSPS) is 20.8. The Morgan fingerprint density at radius 2 is 2.24 bits per heavy atom. The number of rotatable bonds is 2. The second-order valence-corrected chi connectivity index (χ2v) is 4.77. The van der Waals surface area contributed by atoms with Gasteiger partial charge in [-0.2, -0.15) is 0 Å². The monoisotopic (exact) mass is 231 g/mol. The van der Waals surface area contributed by atoms with Crippen LogP contribution in [0.15, 0.2) is 29.1 Å². The van der Waals surface area contributed by atoms with Gasteiger partial charge in [0.25, 0.3) is 0 Å². The van der Waals surface area contributed by atoms with E-state index in [0.717, 1.165) is 30.7 Å². The van der Waals surface area contributed by atoms with Crippen LogP contribution in [0, 0.1) is 5.92 Å². The van der Waals surface area contributed by atoms with Crippen LogP contribution in [-0.4, -0.2) is 22.6 Å². The molecular formula is C13H17N3O. The number of piperidine rings is 1. The molecule has 4 nitrogen and oxygen atoms in total. The molecule has 1 fully saturated rings. The Hall–Kier alpha value is -1.55. The maximum Gasteiger partial charge on any atom is 0.326 e. The first-order valence-electron chi connectivity index (χ1n) is 6.23. The molecule has 0 saturated carbocycles. The van der Waals surface area contributed by atoms with Crippen molar-refractivity contribution in [1.82, 2.24) is 14.9 Å². The van der Waals surface area contributed by atoms with Crippen molar-refractivity contribution in [2.24, 2.45) is 5.92 Å². The van der Waals surface area contributed by atoms with E-state index in [1.54, 1.807) is 0 Å². The fourth-order valence-corrected chi connectivity index (χ4v) is 2.63. The zero-order chi connectivity index (χ0) is 11.7. The summed E-state index contributed by atoms with van der Waals surface area (Å²) in [6.45, 7) is 2.95. The smallest absolute Gasteiger partial charge is 0.316 e.